The average Bonchev–Trinajstić information content (AvgIpc) is 2.96. The maximum absolute atomic E-state index is 13.1. The molecule has 124 valence electrons. The van der Waals surface area contributed by atoms with Crippen LogP contribution in [0.3, 0.4) is 0 Å². The molecule has 1 fully saturated rings. The van der Waals surface area contributed by atoms with Crippen LogP contribution in [0.4, 0.5) is 0 Å². The van der Waals surface area contributed by atoms with Gasteiger partial charge in [-0.2, -0.15) is 5.10 Å². The van der Waals surface area contributed by atoms with E-state index in [1.54, 1.807) is 6.20 Å². The maximum atomic E-state index is 13.1. The smallest absolute Gasteiger partial charge is 0.255 e. The quantitative estimate of drug-likeness (QED) is 0.942. The Balaban J connectivity index is 2.07. The van der Waals surface area contributed by atoms with Crippen LogP contribution in [0, 0.1) is 6.92 Å². The summed E-state index contributed by atoms with van der Waals surface area (Å²) in [6, 6.07) is 2.36. The Morgan fingerprint density at radius 1 is 1.52 bits per heavy atom. The highest BCUT2D eigenvalue weighted by atomic mass is 16.2. The molecule has 1 saturated heterocycles. The van der Waals surface area contributed by atoms with Gasteiger partial charge in [0.05, 0.1) is 23.2 Å². The lowest BCUT2D eigenvalue weighted by Gasteiger charge is -2.34. The SMILES string of the molecule is CCC(C)n1ncc2c(C(=O)N3CCNC[C@@H]3C)cc(C)nc21. The van der Waals surface area contributed by atoms with Crippen LogP contribution in [0.1, 0.15) is 49.3 Å². The van der Waals surface area contributed by atoms with Gasteiger partial charge in [-0.05, 0) is 33.3 Å². The van der Waals surface area contributed by atoms with Crippen molar-refractivity contribution in [2.24, 2.45) is 0 Å². The summed E-state index contributed by atoms with van der Waals surface area (Å²) < 4.78 is 1.93. The van der Waals surface area contributed by atoms with E-state index in [1.165, 1.54) is 0 Å². The molecule has 0 radical (unpaired) electrons. The van der Waals surface area contributed by atoms with Crippen molar-refractivity contribution in [2.45, 2.75) is 46.2 Å². The molecule has 0 aromatic carbocycles. The highest BCUT2D eigenvalue weighted by Crippen LogP contribution is 2.24. The molecule has 3 rings (SSSR count). The first-order valence-electron chi connectivity index (χ1n) is 8.39. The zero-order valence-corrected chi connectivity index (χ0v) is 14.3. The van der Waals surface area contributed by atoms with Crippen LogP contribution in [-0.2, 0) is 0 Å². The third-order valence-electron chi connectivity index (χ3n) is 4.70. The normalized spacial score (nSPS) is 20.0. The molecule has 23 heavy (non-hydrogen) atoms. The van der Waals surface area contributed by atoms with Gasteiger partial charge in [0.1, 0.15) is 0 Å². The zero-order valence-electron chi connectivity index (χ0n) is 14.3. The number of nitrogens with one attached hydrogen (secondary N) is 1. The van der Waals surface area contributed by atoms with Crippen molar-refractivity contribution in [3.8, 4) is 0 Å². The van der Waals surface area contributed by atoms with Crippen molar-refractivity contribution in [1.82, 2.24) is 25.0 Å². The van der Waals surface area contributed by atoms with Crippen LogP contribution < -0.4 is 5.32 Å². The van der Waals surface area contributed by atoms with Crippen LogP contribution >= 0.6 is 0 Å². The molecular formula is C17H25N5O. The molecule has 0 bridgehead atoms. The third kappa shape index (κ3) is 2.83. The number of carbonyl (C=O) groups excluding carboxylic acids is 1. The number of pyridine rings is 1. The molecule has 1 aliphatic heterocycles. The Hall–Kier alpha value is -1.95. The van der Waals surface area contributed by atoms with Crippen LogP contribution in [0.25, 0.3) is 11.0 Å². The van der Waals surface area contributed by atoms with Gasteiger partial charge in [0, 0.05) is 31.4 Å². The number of rotatable bonds is 3. The lowest BCUT2D eigenvalue weighted by Crippen LogP contribution is -2.52. The van der Waals surface area contributed by atoms with Crippen LogP contribution in [0.2, 0.25) is 0 Å². The second kappa shape index (κ2) is 6.28. The monoisotopic (exact) mass is 315 g/mol. The number of fused-ring (bicyclic) bond motifs is 1. The van der Waals surface area contributed by atoms with Gasteiger partial charge in [-0.25, -0.2) is 9.67 Å². The number of amides is 1. The molecule has 0 aliphatic carbocycles. The number of aromatic nitrogens is 3. The van der Waals surface area contributed by atoms with E-state index in [-0.39, 0.29) is 18.0 Å². The first kappa shape index (κ1) is 15.9. The summed E-state index contributed by atoms with van der Waals surface area (Å²) in [6.07, 6.45) is 2.76. The number of hydrogen-bond donors (Lipinski definition) is 1. The van der Waals surface area contributed by atoms with E-state index >= 15 is 0 Å². The Labute approximate surface area is 136 Å². The van der Waals surface area contributed by atoms with Crippen LogP contribution in [-0.4, -0.2) is 51.2 Å². The molecule has 6 heteroatoms. The minimum Gasteiger partial charge on any atom is -0.333 e. The van der Waals surface area contributed by atoms with E-state index < -0.39 is 0 Å². The highest BCUT2D eigenvalue weighted by molar-refractivity contribution is 6.05. The molecule has 1 aliphatic rings. The summed E-state index contributed by atoms with van der Waals surface area (Å²) in [5.74, 6) is 0.0817. The summed E-state index contributed by atoms with van der Waals surface area (Å²) in [6.45, 7) is 10.7. The lowest BCUT2D eigenvalue weighted by molar-refractivity contribution is 0.0657. The molecule has 6 nitrogen and oxygen atoms in total. The molecule has 1 amide bonds. The van der Waals surface area contributed by atoms with Crippen molar-refractivity contribution < 1.29 is 4.79 Å². The van der Waals surface area contributed by atoms with Gasteiger partial charge >= 0.3 is 0 Å². The van der Waals surface area contributed by atoms with Gasteiger partial charge in [-0.1, -0.05) is 6.92 Å². The molecule has 2 atom stereocenters. The molecule has 1 unspecified atom stereocenters. The summed E-state index contributed by atoms with van der Waals surface area (Å²) in [5, 5.41) is 8.66. The third-order valence-corrected chi connectivity index (χ3v) is 4.70. The highest BCUT2D eigenvalue weighted by Gasteiger charge is 2.26. The molecule has 0 spiro atoms. The summed E-state index contributed by atoms with van der Waals surface area (Å²) >= 11 is 0. The topological polar surface area (TPSA) is 63.1 Å². The first-order chi connectivity index (χ1) is 11.0. The zero-order chi connectivity index (χ0) is 16.6. The van der Waals surface area contributed by atoms with Crippen LogP contribution in [0.15, 0.2) is 12.3 Å². The van der Waals surface area contributed by atoms with Gasteiger partial charge in [-0.3, -0.25) is 4.79 Å². The number of nitrogens with zero attached hydrogens (tertiary/aromatic N) is 4. The fourth-order valence-electron chi connectivity index (χ4n) is 3.11. The van der Waals surface area contributed by atoms with E-state index in [0.717, 1.165) is 48.3 Å². The van der Waals surface area contributed by atoms with Gasteiger partial charge in [0.2, 0.25) is 0 Å². The van der Waals surface area contributed by atoms with Crippen molar-refractivity contribution in [2.75, 3.05) is 19.6 Å². The predicted octanol–water partition coefficient (Wildman–Crippen LogP) is 2.14. The van der Waals surface area contributed by atoms with Gasteiger partial charge in [0.25, 0.3) is 5.91 Å². The van der Waals surface area contributed by atoms with Gasteiger partial charge in [0.15, 0.2) is 5.65 Å². The molecular weight excluding hydrogens is 290 g/mol. The Morgan fingerprint density at radius 3 is 3.00 bits per heavy atom. The van der Waals surface area contributed by atoms with E-state index in [9.17, 15) is 4.79 Å². The minimum absolute atomic E-state index is 0.0817. The Morgan fingerprint density at radius 2 is 2.30 bits per heavy atom. The number of piperazine rings is 1. The second-order valence-corrected chi connectivity index (χ2v) is 6.45. The number of aryl methyl sites for hydroxylation is 1. The Bertz CT molecular complexity index is 723. The Kier molecular flexibility index (Phi) is 4.35. The van der Waals surface area contributed by atoms with Crippen LogP contribution in [0.5, 0.6) is 0 Å². The van der Waals surface area contributed by atoms with Crippen molar-refractivity contribution >= 4 is 16.9 Å². The van der Waals surface area contributed by atoms with E-state index in [0.29, 0.717) is 0 Å². The molecule has 2 aromatic heterocycles. The second-order valence-electron chi connectivity index (χ2n) is 6.45. The fourth-order valence-corrected chi connectivity index (χ4v) is 3.11. The molecule has 1 N–H and O–H groups in total. The molecule has 2 aromatic rings. The minimum atomic E-state index is 0.0817. The number of carbonyl (C=O) groups is 1. The van der Waals surface area contributed by atoms with E-state index in [1.807, 2.05) is 22.6 Å². The number of hydrogen-bond acceptors (Lipinski definition) is 4. The first-order valence-corrected chi connectivity index (χ1v) is 8.39. The van der Waals surface area contributed by atoms with Crippen molar-refractivity contribution in [3.63, 3.8) is 0 Å². The van der Waals surface area contributed by atoms with Crippen molar-refractivity contribution in [1.29, 1.82) is 0 Å². The molecule has 0 saturated carbocycles. The van der Waals surface area contributed by atoms with Gasteiger partial charge < -0.3 is 10.2 Å². The van der Waals surface area contributed by atoms with E-state index in [4.69, 9.17) is 0 Å². The summed E-state index contributed by atoms with van der Waals surface area (Å²) in [7, 11) is 0. The largest absolute Gasteiger partial charge is 0.333 e. The lowest BCUT2D eigenvalue weighted by atomic mass is 10.1. The average molecular weight is 315 g/mol. The predicted molar refractivity (Wildman–Crippen MR) is 90.6 cm³/mol. The molecule has 3 heterocycles. The standard InChI is InChI=1S/C17H25N5O/c1-5-12(3)22-16-15(10-19-22)14(8-11(2)20-16)17(23)21-7-6-18-9-13(21)4/h8,10,12-13,18H,5-7,9H2,1-4H3/t12?,13-/m0/s1. The van der Waals surface area contributed by atoms with E-state index in [2.05, 4.69) is 36.2 Å². The summed E-state index contributed by atoms with van der Waals surface area (Å²) in [5.41, 5.74) is 2.38. The van der Waals surface area contributed by atoms with Gasteiger partial charge in [-0.15, -0.1) is 0 Å². The summed E-state index contributed by atoms with van der Waals surface area (Å²) in [4.78, 5) is 19.6. The van der Waals surface area contributed by atoms with Crippen molar-refractivity contribution in [3.05, 3.63) is 23.5 Å². The fraction of sp³-hybridized carbons (Fsp3) is 0.588. The maximum Gasteiger partial charge on any atom is 0.255 e.